The highest BCUT2D eigenvalue weighted by Gasteiger charge is 2.42. The van der Waals surface area contributed by atoms with Crippen molar-refractivity contribution in [2.45, 2.75) is 45.9 Å². The first-order valence-electron chi connectivity index (χ1n) is 6.75. The summed E-state index contributed by atoms with van der Waals surface area (Å²) in [7, 11) is 0. The molecule has 2 rings (SSSR count). The first-order valence-corrected chi connectivity index (χ1v) is 6.75. The number of amides is 2. The summed E-state index contributed by atoms with van der Waals surface area (Å²) in [5, 5.41) is 2.95. The molecule has 1 atom stereocenters. The summed E-state index contributed by atoms with van der Waals surface area (Å²) in [6, 6.07) is 7.85. The summed E-state index contributed by atoms with van der Waals surface area (Å²) >= 11 is 0. The van der Waals surface area contributed by atoms with Crippen molar-refractivity contribution >= 4 is 11.7 Å². The summed E-state index contributed by atoms with van der Waals surface area (Å²) < 4.78 is 5.70. The van der Waals surface area contributed by atoms with Crippen molar-refractivity contribution in [2.24, 2.45) is 0 Å². The molecule has 1 unspecified atom stereocenters. The number of nitrogens with zero attached hydrogens (tertiary/aromatic N) is 1. The number of rotatable bonds is 2. The highest BCUT2D eigenvalue weighted by molar-refractivity contribution is 5.90. The van der Waals surface area contributed by atoms with Gasteiger partial charge in [0.15, 0.2) is 0 Å². The van der Waals surface area contributed by atoms with E-state index in [1.54, 1.807) is 4.90 Å². The molecule has 4 nitrogen and oxygen atoms in total. The maximum absolute atomic E-state index is 12.4. The molecule has 1 aromatic rings. The average Bonchev–Trinajstić information content (AvgIpc) is 2.64. The van der Waals surface area contributed by atoms with Crippen LogP contribution in [0.2, 0.25) is 0 Å². The number of urea groups is 1. The lowest BCUT2D eigenvalue weighted by Crippen LogP contribution is -2.49. The molecule has 104 valence electrons. The fraction of sp³-hybridized carbons (Fsp3) is 0.533. The normalized spacial score (nSPS) is 21.5. The van der Waals surface area contributed by atoms with Crippen LogP contribution in [0.3, 0.4) is 0 Å². The smallest absolute Gasteiger partial charge is 0.324 e. The highest BCUT2D eigenvalue weighted by atomic mass is 16.5. The molecule has 1 heterocycles. The number of aryl methyl sites for hydroxylation is 1. The standard InChI is InChI=1S/C15H22N2O2/c1-5-13-10-19-15(3,4)17(13)14(18)16-12-8-6-7-11(2)9-12/h6-9,13H,5,10H2,1-4H3,(H,16,18). The van der Waals surface area contributed by atoms with E-state index in [0.29, 0.717) is 6.61 Å². The molecule has 1 aromatic carbocycles. The fourth-order valence-electron chi connectivity index (χ4n) is 2.50. The van der Waals surface area contributed by atoms with E-state index in [1.165, 1.54) is 0 Å². The minimum absolute atomic E-state index is 0.0973. The van der Waals surface area contributed by atoms with Gasteiger partial charge in [-0.2, -0.15) is 0 Å². The van der Waals surface area contributed by atoms with Crippen LogP contribution in [-0.2, 0) is 4.74 Å². The number of hydrogen-bond acceptors (Lipinski definition) is 2. The van der Waals surface area contributed by atoms with Crippen LogP contribution >= 0.6 is 0 Å². The third-order valence-electron chi connectivity index (χ3n) is 3.53. The molecule has 4 heteroatoms. The lowest BCUT2D eigenvalue weighted by molar-refractivity contribution is -0.0301. The van der Waals surface area contributed by atoms with Crippen molar-refractivity contribution in [3.8, 4) is 0 Å². The third kappa shape index (κ3) is 2.89. The van der Waals surface area contributed by atoms with Crippen LogP contribution in [0.4, 0.5) is 10.5 Å². The van der Waals surface area contributed by atoms with Crippen LogP contribution in [0.25, 0.3) is 0 Å². The molecule has 1 N–H and O–H groups in total. The van der Waals surface area contributed by atoms with Crippen molar-refractivity contribution < 1.29 is 9.53 Å². The van der Waals surface area contributed by atoms with Crippen molar-refractivity contribution in [2.75, 3.05) is 11.9 Å². The Morgan fingerprint density at radius 3 is 2.89 bits per heavy atom. The largest absolute Gasteiger partial charge is 0.354 e. The Bertz CT molecular complexity index is 471. The van der Waals surface area contributed by atoms with Gasteiger partial charge in [-0.25, -0.2) is 4.79 Å². The number of nitrogens with one attached hydrogen (secondary N) is 1. The molecule has 0 bridgehead atoms. The second-order valence-electron chi connectivity index (χ2n) is 5.49. The van der Waals surface area contributed by atoms with Crippen LogP contribution < -0.4 is 5.32 Å². The first-order chi connectivity index (χ1) is 8.94. The zero-order valence-electron chi connectivity index (χ0n) is 12.1. The molecular formula is C15H22N2O2. The van der Waals surface area contributed by atoms with Crippen molar-refractivity contribution in [1.82, 2.24) is 4.90 Å². The van der Waals surface area contributed by atoms with E-state index in [2.05, 4.69) is 12.2 Å². The minimum atomic E-state index is -0.547. The van der Waals surface area contributed by atoms with Crippen molar-refractivity contribution in [3.05, 3.63) is 29.8 Å². The topological polar surface area (TPSA) is 41.6 Å². The summed E-state index contributed by atoms with van der Waals surface area (Å²) in [6.45, 7) is 8.54. The Labute approximate surface area is 114 Å². The Morgan fingerprint density at radius 1 is 1.53 bits per heavy atom. The molecule has 1 fully saturated rings. The second kappa shape index (κ2) is 5.21. The molecule has 1 saturated heterocycles. The molecule has 19 heavy (non-hydrogen) atoms. The van der Waals surface area contributed by atoms with Crippen LogP contribution in [0.1, 0.15) is 32.8 Å². The summed E-state index contributed by atoms with van der Waals surface area (Å²) in [4.78, 5) is 14.2. The molecule has 1 aliphatic heterocycles. The number of anilines is 1. The number of carbonyl (C=O) groups is 1. The quantitative estimate of drug-likeness (QED) is 0.887. The molecule has 0 aromatic heterocycles. The first kappa shape index (κ1) is 13.9. The SMILES string of the molecule is CCC1COC(C)(C)N1C(=O)Nc1cccc(C)c1. The van der Waals surface area contributed by atoms with E-state index >= 15 is 0 Å². The number of ether oxygens (including phenoxy) is 1. The van der Waals surface area contributed by atoms with Gasteiger partial charge in [-0.3, -0.25) is 4.90 Å². The van der Waals surface area contributed by atoms with Gasteiger partial charge in [0.05, 0.1) is 12.6 Å². The molecule has 1 aliphatic rings. The summed E-state index contributed by atoms with van der Waals surface area (Å²) in [5.74, 6) is 0. The number of carbonyl (C=O) groups excluding carboxylic acids is 1. The second-order valence-corrected chi connectivity index (χ2v) is 5.49. The van der Waals surface area contributed by atoms with Gasteiger partial charge < -0.3 is 10.1 Å². The van der Waals surface area contributed by atoms with E-state index < -0.39 is 5.72 Å². The zero-order valence-corrected chi connectivity index (χ0v) is 12.1. The van der Waals surface area contributed by atoms with Crippen molar-refractivity contribution in [3.63, 3.8) is 0 Å². The van der Waals surface area contributed by atoms with Crippen molar-refractivity contribution in [1.29, 1.82) is 0 Å². The minimum Gasteiger partial charge on any atom is -0.354 e. The molecular weight excluding hydrogens is 240 g/mol. The Morgan fingerprint density at radius 2 is 2.26 bits per heavy atom. The molecule has 0 saturated carbocycles. The molecule has 0 radical (unpaired) electrons. The monoisotopic (exact) mass is 262 g/mol. The predicted octanol–water partition coefficient (Wildman–Crippen LogP) is 3.37. The lowest BCUT2D eigenvalue weighted by atomic mass is 10.2. The number of hydrogen-bond donors (Lipinski definition) is 1. The highest BCUT2D eigenvalue weighted by Crippen LogP contribution is 2.29. The molecule has 0 aliphatic carbocycles. The van der Waals surface area contributed by atoms with E-state index in [0.717, 1.165) is 17.7 Å². The van der Waals surface area contributed by atoms with Gasteiger partial charge in [-0.15, -0.1) is 0 Å². The molecule has 0 spiro atoms. The van der Waals surface area contributed by atoms with Crippen LogP contribution in [0.5, 0.6) is 0 Å². The summed E-state index contributed by atoms with van der Waals surface area (Å²) in [5.41, 5.74) is 1.40. The lowest BCUT2D eigenvalue weighted by Gasteiger charge is -2.33. The van der Waals surface area contributed by atoms with Crippen LogP contribution in [0, 0.1) is 6.92 Å². The van der Waals surface area contributed by atoms with Gasteiger partial charge in [0.2, 0.25) is 0 Å². The van der Waals surface area contributed by atoms with Gasteiger partial charge in [0, 0.05) is 5.69 Å². The van der Waals surface area contributed by atoms with E-state index in [9.17, 15) is 4.79 Å². The maximum Gasteiger partial charge on any atom is 0.324 e. The Hall–Kier alpha value is -1.55. The van der Waals surface area contributed by atoms with Gasteiger partial charge in [0.25, 0.3) is 0 Å². The predicted molar refractivity (Wildman–Crippen MR) is 76.1 cm³/mol. The van der Waals surface area contributed by atoms with Gasteiger partial charge in [-0.1, -0.05) is 19.1 Å². The Kier molecular flexibility index (Phi) is 3.80. The van der Waals surface area contributed by atoms with E-state index in [-0.39, 0.29) is 12.1 Å². The average molecular weight is 262 g/mol. The van der Waals surface area contributed by atoms with Gasteiger partial charge in [0.1, 0.15) is 5.72 Å². The fourth-order valence-corrected chi connectivity index (χ4v) is 2.50. The van der Waals surface area contributed by atoms with Gasteiger partial charge >= 0.3 is 6.03 Å². The van der Waals surface area contributed by atoms with E-state index in [4.69, 9.17) is 4.74 Å². The maximum atomic E-state index is 12.4. The number of benzene rings is 1. The van der Waals surface area contributed by atoms with Gasteiger partial charge in [-0.05, 0) is 44.9 Å². The summed E-state index contributed by atoms with van der Waals surface area (Å²) in [6.07, 6.45) is 0.894. The van der Waals surface area contributed by atoms with Crippen LogP contribution in [-0.4, -0.2) is 29.3 Å². The van der Waals surface area contributed by atoms with Crippen LogP contribution in [0.15, 0.2) is 24.3 Å². The zero-order chi connectivity index (χ0) is 14.0. The third-order valence-corrected chi connectivity index (χ3v) is 3.53. The van der Waals surface area contributed by atoms with E-state index in [1.807, 2.05) is 45.0 Å². The Balaban J connectivity index is 2.14. The molecule has 2 amide bonds.